The Hall–Kier alpha value is -1.79. The van der Waals surface area contributed by atoms with Crippen molar-refractivity contribution in [1.29, 1.82) is 0 Å². The normalized spacial score (nSPS) is 13.0. The fourth-order valence-corrected chi connectivity index (χ4v) is 4.55. The van der Waals surface area contributed by atoms with Gasteiger partial charge in [-0.15, -0.1) is 0 Å². The highest BCUT2D eigenvalue weighted by Crippen LogP contribution is 2.41. The molecule has 2 N–H and O–H groups in total. The van der Waals surface area contributed by atoms with Crippen LogP contribution in [0.5, 0.6) is 11.5 Å². The van der Waals surface area contributed by atoms with E-state index < -0.39 is 0 Å². The highest BCUT2D eigenvalue weighted by molar-refractivity contribution is 14.1. The Balaban J connectivity index is 1.71. The fraction of sp³-hybridized carbons (Fsp3) is 0.353. The van der Waals surface area contributed by atoms with Crippen molar-refractivity contribution >= 4 is 51.3 Å². The smallest absolute Gasteiger partial charge is 0.231 e. The molecule has 8 nitrogen and oxygen atoms in total. The van der Waals surface area contributed by atoms with E-state index in [1.54, 1.807) is 11.8 Å². The number of anilines is 1. The van der Waals surface area contributed by atoms with Crippen molar-refractivity contribution in [1.82, 2.24) is 24.4 Å². The van der Waals surface area contributed by atoms with Crippen molar-refractivity contribution < 1.29 is 9.47 Å². The zero-order valence-corrected chi connectivity index (χ0v) is 18.0. The van der Waals surface area contributed by atoms with Crippen LogP contribution in [0.25, 0.3) is 11.2 Å². The molecule has 3 aromatic rings. The second-order valence-electron chi connectivity index (χ2n) is 6.37. The molecule has 0 saturated heterocycles. The Morgan fingerprint density at radius 3 is 2.81 bits per heavy atom. The summed E-state index contributed by atoms with van der Waals surface area (Å²) in [5.41, 5.74) is 7.43. The molecule has 0 bridgehead atoms. The molecule has 10 heteroatoms. The largest absolute Gasteiger partial charge is 0.454 e. The van der Waals surface area contributed by atoms with Crippen LogP contribution in [0.4, 0.5) is 5.82 Å². The van der Waals surface area contributed by atoms with Crippen LogP contribution in [-0.4, -0.2) is 51.9 Å². The number of ether oxygens (including phenoxy) is 2. The summed E-state index contributed by atoms with van der Waals surface area (Å²) in [6.45, 7) is 2.04. The van der Waals surface area contributed by atoms with Crippen LogP contribution in [0.3, 0.4) is 0 Å². The van der Waals surface area contributed by atoms with Gasteiger partial charge in [0.15, 0.2) is 33.6 Å². The Morgan fingerprint density at radius 1 is 1.26 bits per heavy atom. The molecule has 0 fully saturated rings. The minimum absolute atomic E-state index is 0.259. The van der Waals surface area contributed by atoms with Crippen LogP contribution >= 0.6 is 34.4 Å². The maximum absolute atomic E-state index is 6.03. The number of aromatic nitrogens is 4. The summed E-state index contributed by atoms with van der Waals surface area (Å²) >= 11 is 3.87. The summed E-state index contributed by atoms with van der Waals surface area (Å²) in [5, 5.41) is 0.840. The lowest BCUT2D eigenvalue weighted by atomic mass is 10.3. The van der Waals surface area contributed by atoms with Gasteiger partial charge in [-0.3, -0.25) is 0 Å². The predicted octanol–water partition coefficient (Wildman–Crippen LogP) is 2.84. The summed E-state index contributed by atoms with van der Waals surface area (Å²) < 4.78 is 14.2. The minimum Gasteiger partial charge on any atom is -0.454 e. The maximum Gasteiger partial charge on any atom is 0.231 e. The van der Waals surface area contributed by atoms with Gasteiger partial charge in [0.25, 0.3) is 0 Å². The van der Waals surface area contributed by atoms with Crippen molar-refractivity contribution in [2.45, 2.75) is 23.0 Å². The van der Waals surface area contributed by atoms with E-state index in [0.717, 1.165) is 50.3 Å². The lowest BCUT2D eigenvalue weighted by molar-refractivity contribution is 0.174. The number of nitrogens with two attached hydrogens (primary N) is 1. The Morgan fingerprint density at radius 2 is 2.04 bits per heavy atom. The monoisotopic (exact) mass is 498 g/mol. The number of benzene rings is 1. The zero-order chi connectivity index (χ0) is 19.0. The van der Waals surface area contributed by atoms with Crippen molar-refractivity contribution in [3.05, 3.63) is 22.0 Å². The van der Waals surface area contributed by atoms with Crippen LogP contribution in [0.1, 0.15) is 6.42 Å². The molecule has 0 unspecified atom stereocenters. The van der Waals surface area contributed by atoms with Gasteiger partial charge in [-0.1, -0.05) is 11.8 Å². The van der Waals surface area contributed by atoms with Crippen LogP contribution in [0, 0.1) is 3.57 Å². The zero-order valence-electron chi connectivity index (χ0n) is 15.0. The van der Waals surface area contributed by atoms with E-state index >= 15 is 0 Å². The van der Waals surface area contributed by atoms with E-state index in [-0.39, 0.29) is 6.79 Å². The summed E-state index contributed by atoms with van der Waals surface area (Å²) in [6.07, 6.45) is 2.47. The average Bonchev–Trinajstić information content (AvgIpc) is 3.21. The first-order chi connectivity index (χ1) is 13.0. The summed E-state index contributed by atoms with van der Waals surface area (Å²) in [4.78, 5) is 16.4. The molecule has 0 amide bonds. The molecule has 2 aromatic heterocycles. The van der Waals surface area contributed by atoms with Gasteiger partial charge in [0.05, 0.1) is 0 Å². The topological polar surface area (TPSA) is 91.3 Å². The molecule has 1 aliphatic rings. The molecule has 0 aliphatic carbocycles. The van der Waals surface area contributed by atoms with Gasteiger partial charge in [-0.2, -0.15) is 0 Å². The Bertz CT molecular complexity index is 993. The van der Waals surface area contributed by atoms with Gasteiger partial charge < -0.3 is 24.7 Å². The number of imidazole rings is 1. The van der Waals surface area contributed by atoms with Gasteiger partial charge in [0.2, 0.25) is 6.79 Å². The number of nitrogen functional groups attached to an aromatic ring is 1. The standard InChI is InChI=1S/C17H19IN6O2S/c1-23(2)4-3-5-24-16-14(15(19)20-8-21-16)22-17(24)27-13-7-12-11(6-10(13)18)25-9-26-12/h6-8H,3-5,9H2,1-2H3,(H2,19,20,21). The van der Waals surface area contributed by atoms with E-state index in [1.807, 2.05) is 12.1 Å². The summed E-state index contributed by atoms with van der Waals surface area (Å²) in [6, 6.07) is 3.98. The molecule has 3 heterocycles. The number of aryl methyl sites for hydroxylation is 1. The van der Waals surface area contributed by atoms with Gasteiger partial charge in [-0.05, 0) is 61.8 Å². The number of hydrogen-bond donors (Lipinski definition) is 1. The van der Waals surface area contributed by atoms with Gasteiger partial charge >= 0.3 is 0 Å². The summed E-state index contributed by atoms with van der Waals surface area (Å²) in [5.74, 6) is 1.93. The predicted molar refractivity (Wildman–Crippen MR) is 112 cm³/mol. The molecule has 0 spiro atoms. The average molecular weight is 498 g/mol. The highest BCUT2D eigenvalue weighted by atomic mass is 127. The number of halogens is 1. The number of nitrogens with zero attached hydrogens (tertiary/aromatic N) is 5. The third kappa shape index (κ3) is 3.78. The van der Waals surface area contributed by atoms with E-state index in [0.29, 0.717) is 11.3 Å². The van der Waals surface area contributed by atoms with Gasteiger partial charge in [-0.25, -0.2) is 15.0 Å². The summed E-state index contributed by atoms with van der Waals surface area (Å²) in [7, 11) is 4.13. The van der Waals surface area contributed by atoms with E-state index in [2.05, 4.69) is 56.1 Å². The van der Waals surface area contributed by atoms with Crippen molar-refractivity contribution in [3.63, 3.8) is 0 Å². The van der Waals surface area contributed by atoms with Crippen LogP contribution in [0.2, 0.25) is 0 Å². The second kappa shape index (κ2) is 7.68. The van der Waals surface area contributed by atoms with Crippen molar-refractivity contribution in [2.75, 3.05) is 33.2 Å². The first kappa shape index (κ1) is 18.6. The first-order valence-electron chi connectivity index (χ1n) is 8.41. The third-order valence-corrected chi connectivity index (χ3v) is 6.45. The number of rotatable bonds is 6. The number of fused-ring (bicyclic) bond motifs is 2. The van der Waals surface area contributed by atoms with Gasteiger partial charge in [0, 0.05) is 15.0 Å². The van der Waals surface area contributed by atoms with Crippen molar-refractivity contribution in [2.24, 2.45) is 0 Å². The van der Waals surface area contributed by atoms with Crippen LogP contribution < -0.4 is 15.2 Å². The Labute approximate surface area is 174 Å². The third-order valence-electron chi connectivity index (χ3n) is 4.14. The minimum atomic E-state index is 0.259. The molecule has 142 valence electrons. The Kier molecular flexibility index (Phi) is 5.28. The molecule has 27 heavy (non-hydrogen) atoms. The maximum atomic E-state index is 6.03. The lowest BCUT2D eigenvalue weighted by Crippen LogP contribution is -2.15. The fourth-order valence-electron chi connectivity index (χ4n) is 2.83. The molecule has 0 radical (unpaired) electrons. The molecular weight excluding hydrogens is 479 g/mol. The quantitative estimate of drug-likeness (QED) is 0.519. The van der Waals surface area contributed by atoms with Crippen LogP contribution in [0.15, 0.2) is 28.5 Å². The molecule has 4 rings (SSSR count). The molecule has 0 saturated carbocycles. The van der Waals surface area contributed by atoms with E-state index in [4.69, 9.17) is 20.2 Å². The molecule has 1 aromatic carbocycles. The van der Waals surface area contributed by atoms with Gasteiger partial charge in [0.1, 0.15) is 6.33 Å². The molecule has 0 atom stereocenters. The lowest BCUT2D eigenvalue weighted by Gasteiger charge is -2.12. The van der Waals surface area contributed by atoms with E-state index in [9.17, 15) is 0 Å². The first-order valence-corrected chi connectivity index (χ1v) is 10.3. The second-order valence-corrected chi connectivity index (χ2v) is 8.54. The number of hydrogen-bond acceptors (Lipinski definition) is 8. The molecule has 1 aliphatic heterocycles. The van der Waals surface area contributed by atoms with Crippen molar-refractivity contribution in [3.8, 4) is 11.5 Å². The van der Waals surface area contributed by atoms with Crippen LogP contribution in [-0.2, 0) is 6.54 Å². The molecular formula is C17H19IN6O2S. The highest BCUT2D eigenvalue weighted by Gasteiger charge is 2.20. The van der Waals surface area contributed by atoms with E-state index in [1.165, 1.54) is 6.33 Å². The SMILES string of the molecule is CN(C)CCCn1c(Sc2cc3c(cc2I)OCO3)nc2c(N)ncnc21.